The summed E-state index contributed by atoms with van der Waals surface area (Å²) in [4.78, 5) is 13.5. The lowest BCUT2D eigenvalue weighted by Gasteiger charge is -1.99. The van der Waals surface area contributed by atoms with Gasteiger partial charge in [-0.2, -0.15) is 0 Å². The first-order valence-electron chi connectivity index (χ1n) is 4.75. The molecule has 0 radical (unpaired) electrons. The third-order valence-corrected chi connectivity index (χ3v) is 2.27. The maximum Gasteiger partial charge on any atom is 0.317 e. The molecule has 0 aliphatic carbocycles. The smallest absolute Gasteiger partial charge is 0.317 e. The van der Waals surface area contributed by atoms with E-state index in [1.54, 1.807) is 0 Å². The quantitative estimate of drug-likeness (QED) is 0.704. The fraction of sp³-hybridized carbons (Fsp3) is 0.182. The maximum absolute atomic E-state index is 10.3. The zero-order valence-electron chi connectivity index (χ0n) is 8.16. The average Bonchev–Trinajstić information content (AvgIpc) is 2.62. The number of aromatic nitrogens is 1. The van der Waals surface area contributed by atoms with Gasteiger partial charge in [-0.15, -0.1) is 0 Å². The van der Waals surface area contributed by atoms with Gasteiger partial charge in [-0.05, 0) is 11.6 Å². The third kappa shape index (κ3) is 2.16. The van der Waals surface area contributed by atoms with Crippen LogP contribution in [-0.4, -0.2) is 22.6 Å². The van der Waals surface area contributed by atoms with Crippen molar-refractivity contribution in [2.75, 3.05) is 6.54 Å². The minimum absolute atomic E-state index is 0.0144. The molecule has 0 atom stereocenters. The lowest BCUT2D eigenvalue weighted by molar-refractivity contribution is -0.135. The first-order valence-corrected chi connectivity index (χ1v) is 4.75. The van der Waals surface area contributed by atoms with Gasteiger partial charge in [0.05, 0.1) is 6.54 Å². The summed E-state index contributed by atoms with van der Waals surface area (Å²) in [6, 6.07) is 7.95. The van der Waals surface area contributed by atoms with Gasteiger partial charge in [0.25, 0.3) is 0 Å². The Balaban J connectivity index is 2.11. The molecule has 0 amide bonds. The number of aliphatic carboxylic acids is 1. The number of H-pyrrole nitrogens is 1. The van der Waals surface area contributed by atoms with Crippen molar-refractivity contribution < 1.29 is 9.90 Å². The van der Waals surface area contributed by atoms with Crippen LogP contribution in [0.3, 0.4) is 0 Å². The van der Waals surface area contributed by atoms with Crippen molar-refractivity contribution in [1.82, 2.24) is 10.3 Å². The number of benzene rings is 1. The topological polar surface area (TPSA) is 65.1 Å². The van der Waals surface area contributed by atoms with Crippen LogP contribution in [0, 0.1) is 0 Å². The van der Waals surface area contributed by atoms with Gasteiger partial charge in [-0.3, -0.25) is 4.79 Å². The first kappa shape index (κ1) is 9.73. The van der Waals surface area contributed by atoms with Crippen molar-refractivity contribution >= 4 is 16.9 Å². The Labute approximate surface area is 86.9 Å². The molecule has 2 rings (SSSR count). The summed E-state index contributed by atoms with van der Waals surface area (Å²) >= 11 is 0. The van der Waals surface area contributed by atoms with E-state index in [0.717, 1.165) is 16.5 Å². The van der Waals surface area contributed by atoms with E-state index < -0.39 is 5.97 Å². The fourth-order valence-corrected chi connectivity index (χ4v) is 1.58. The van der Waals surface area contributed by atoms with Crippen molar-refractivity contribution in [3.05, 3.63) is 36.0 Å². The Bertz CT molecular complexity index is 476. The molecule has 1 aromatic carbocycles. The van der Waals surface area contributed by atoms with E-state index in [0.29, 0.717) is 6.54 Å². The Morgan fingerprint density at radius 3 is 3.00 bits per heavy atom. The molecule has 4 nitrogen and oxygen atoms in total. The van der Waals surface area contributed by atoms with Crippen molar-refractivity contribution in [2.45, 2.75) is 6.54 Å². The molecule has 0 bridgehead atoms. The van der Waals surface area contributed by atoms with Gasteiger partial charge in [0.1, 0.15) is 0 Å². The van der Waals surface area contributed by atoms with E-state index in [1.165, 1.54) is 0 Å². The van der Waals surface area contributed by atoms with Crippen LogP contribution in [0.5, 0.6) is 0 Å². The van der Waals surface area contributed by atoms with Gasteiger partial charge in [-0.1, -0.05) is 18.2 Å². The molecule has 78 valence electrons. The highest BCUT2D eigenvalue weighted by molar-refractivity contribution is 5.83. The van der Waals surface area contributed by atoms with Crippen LogP contribution in [0.2, 0.25) is 0 Å². The highest BCUT2D eigenvalue weighted by atomic mass is 16.4. The molecule has 0 saturated heterocycles. The predicted molar refractivity (Wildman–Crippen MR) is 57.6 cm³/mol. The van der Waals surface area contributed by atoms with Crippen molar-refractivity contribution in [3.8, 4) is 0 Å². The minimum atomic E-state index is -0.838. The van der Waals surface area contributed by atoms with Gasteiger partial charge in [0, 0.05) is 23.6 Å². The Kier molecular flexibility index (Phi) is 2.69. The Hall–Kier alpha value is -1.81. The molecule has 2 aromatic rings. The molecule has 3 N–H and O–H groups in total. The lowest BCUT2D eigenvalue weighted by Crippen LogP contribution is -2.21. The van der Waals surface area contributed by atoms with E-state index in [4.69, 9.17) is 5.11 Å². The molecule has 15 heavy (non-hydrogen) atoms. The molecule has 1 heterocycles. The van der Waals surface area contributed by atoms with Crippen LogP contribution in [0.25, 0.3) is 10.9 Å². The van der Waals surface area contributed by atoms with Crippen molar-refractivity contribution in [1.29, 1.82) is 0 Å². The second kappa shape index (κ2) is 4.14. The number of fused-ring (bicyclic) bond motifs is 1. The van der Waals surface area contributed by atoms with Crippen molar-refractivity contribution in [3.63, 3.8) is 0 Å². The molecule has 0 spiro atoms. The molecule has 0 saturated carbocycles. The van der Waals surface area contributed by atoms with Crippen molar-refractivity contribution in [2.24, 2.45) is 0 Å². The predicted octanol–water partition coefficient (Wildman–Crippen LogP) is 1.34. The molecule has 0 unspecified atom stereocenters. The van der Waals surface area contributed by atoms with Gasteiger partial charge in [0.2, 0.25) is 0 Å². The number of carboxylic acids is 1. The Morgan fingerprint density at radius 1 is 1.40 bits per heavy atom. The summed E-state index contributed by atoms with van der Waals surface area (Å²) in [6.07, 6.45) is 1.90. The number of rotatable bonds is 4. The second-order valence-electron chi connectivity index (χ2n) is 3.36. The molecule has 1 aromatic heterocycles. The average molecular weight is 204 g/mol. The molecule has 0 fully saturated rings. The van der Waals surface area contributed by atoms with E-state index >= 15 is 0 Å². The standard InChI is InChI=1S/C11H12N2O2/c14-11(15)7-12-5-8-6-13-10-4-2-1-3-9(8)10/h1-4,6,12-13H,5,7H2,(H,14,15). The fourth-order valence-electron chi connectivity index (χ4n) is 1.58. The summed E-state index contributed by atoms with van der Waals surface area (Å²) in [5, 5.41) is 12.5. The molecule has 4 heteroatoms. The summed E-state index contributed by atoms with van der Waals surface area (Å²) in [5.74, 6) is -0.838. The zero-order valence-corrected chi connectivity index (χ0v) is 8.16. The molecule has 0 aliphatic heterocycles. The van der Waals surface area contributed by atoms with Crippen LogP contribution < -0.4 is 5.32 Å². The summed E-state index contributed by atoms with van der Waals surface area (Å²) < 4.78 is 0. The normalized spacial score (nSPS) is 10.7. The van der Waals surface area contributed by atoms with Gasteiger partial charge >= 0.3 is 5.97 Å². The first-order chi connectivity index (χ1) is 7.27. The highest BCUT2D eigenvalue weighted by Gasteiger charge is 2.02. The number of hydrogen-bond donors (Lipinski definition) is 3. The third-order valence-electron chi connectivity index (χ3n) is 2.27. The Morgan fingerprint density at radius 2 is 2.20 bits per heavy atom. The zero-order chi connectivity index (χ0) is 10.7. The van der Waals surface area contributed by atoms with Gasteiger partial charge < -0.3 is 15.4 Å². The second-order valence-corrected chi connectivity index (χ2v) is 3.36. The van der Waals surface area contributed by atoms with Crippen LogP contribution in [0.4, 0.5) is 0 Å². The minimum Gasteiger partial charge on any atom is -0.480 e. The van der Waals surface area contributed by atoms with Gasteiger partial charge in [0.15, 0.2) is 0 Å². The molecular weight excluding hydrogens is 192 g/mol. The number of carboxylic acid groups (broad SMARTS) is 1. The van der Waals surface area contributed by atoms with E-state index in [-0.39, 0.29) is 6.54 Å². The number of carbonyl (C=O) groups is 1. The monoisotopic (exact) mass is 204 g/mol. The van der Waals surface area contributed by atoms with E-state index in [9.17, 15) is 4.79 Å². The number of hydrogen-bond acceptors (Lipinski definition) is 2. The summed E-state index contributed by atoms with van der Waals surface area (Å²) in [7, 11) is 0. The highest BCUT2D eigenvalue weighted by Crippen LogP contribution is 2.16. The maximum atomic E-state index is 10.3. The molecular formula is C11H12N2O2. The van der Waals surface area contributed by atoms with Crippen LogP contribution in [0.1, 0.15) is 5.56 Å². The lowest BCUT2D eigenvalue weighted by atomic mass is 10.2. The van der Waals surface area contributed by atoms with Crippen LogP contribution >= 0.6 is 0 Å². The SMILES string of the molecule is O=C(O)CNCc1c[nH]c2ccccc12. The van der Waals surface area contributed by atoms with E-state index in [2.05, 4.69) is 10.3 Å². The van der Waals surface area contributed by atoms with Crippen LogP contribution in [-0.2, 0) is 11.3 Å². The number of aromatic amines is 1. The molecule has 0 aliphatic rings. The summed E-state index contributed by atoms with van der Waals surface area (Å²) in [6.45, 7) is 0.551. The van der Waals surface area contributed by atoms with Crippen LogP contribution in [0.15, 0.2) is 30.5 Å². The summed E-state index contributed by atoms with van der Waals surface area (Å²) in [5.41, 5.74) is 2.16. The number of nitrogens with one attached hydrogen (secondary N) is 2. The van der Waals surface area contributed by atoms with Gasteiger partial charge in [-0.25, -0.2) is 0 Å². The van der Waals surface area contributed by atoms with E-state index in [1.807, 2.05) is 30.5 Å². The largest absolute Gasteiger partial charge is 0.480 e. The number of para-hydroxylation sites is 1.